The van der Waals surface area contributed by atoms with Gasteiger partial charge in [-0.25, -0.2) is 0 Å². The molecule has 3 nitrogen and oxygen atoms in total. The Kier molecular flexibility index (Phi) is 4.08. The number of aliphatic hydroxyl groups is 1. The minimum atomic E-state index is -0.0305. The summed E-state index contributed by atoms with van der Waals surface area (Å²) < 4.78 is 0. The molecule has 21 heavy (non-hydrogen) atoms. The van der Waals surface area contributed by atoms with E-state index in [4.69, 9.17) is 11.6 Å². The summed E-state index contributed by atoms with van der Waals surface area (Å²) in [5.74, 6) is 0.613. The van der Waals surface area contributed by atoms with Gasteiger partial charge in [0.25, 0.3) is 0 Å². The number of hydrogen-bond donors (Lipinski definition) is 1. The van der Waals surface area contributed by atoms with Gasteiger partial charge < -0.3 is 5.11 Å². The van der Waals surface area contributed by atoms with Crippen LogP contribution in [0, 0.1) is 5.92 Å². The van der Waals surface area contributed by atoms with Crippen LogP contribution < -0.4 is 0 Å². The summed E-state index contributed by atoms with van der Waals surface area (Å²) in [6.07, 6.45) is 3.09. The van der Waals surface area contributed by atoms with E-state index in [0.717, 1.165) is 31.0 Å². The number of Topliss-reactive ketones (excluding diaryl/α,β-unsaturated/α-hetero) is 1. The molecule has 4 heteroatoms. The SMILES string of the molecule is C[C@@H](CO)CN1Cc2cc(Cl)ccc2C12CCC(=O)CC2. The van der Waals surface area contributed by atoms with E-state index in [2.05, 4.69) is 24.0 Å². The summed E-state index contributed by atoms with van der Waals surface area (Å²) in [4.78, 5) is 14.1. The van der Waals surface area contributed by atoms with Crippen LogP contribution in [0.3, 0.4) is 0 Å². The van der Waals surface area contributed by atoms with Gasteiger partial charge in [0.2, 0.25) is 0 Å². The maximum Gasteiger partial charge on any atom is 0.133 e. The fraction of sp³-hybridized carbons (Fsp3) is 0.588. The fourth-order valence-electron chi connectivity index (χ4n) is 3.88. The first kappa shape index (κ1) is 15.0. The minimum Gasteiger partial charge on any atom is -0.396 e. The number of benzene rings is 1. The predicted octanol–water partition coefficient (Wildman–Crippen LogP) is 3.12. The van der Waals surface area contributed by atoms with E-state index in [-0.39, 0.29) is 18.1 Å². The molecule has 1 aliphatic heterocycles. The van der Waals surface area contributed by atoms with E-state index in [1.807, 2.05) is 6.07 Å². The number of rotatable bonds is 3. The summed E-state index contributed by atoms with van der Waals surface area (Å²) in [6, 6.07) is 6.15. The Bertz CT molecular complexity index is 548. The van der Waals surface area contributed by atoms with Gasteiger partial charge in [0.15, 0.2) is 0 Å². The molecule has 1 spiro atoms. The van der Waals surface area contributed by atoms with Gasteiger partial charge in [-0.2, -0.15) is 0 Å². The van der Waals surface area contributed by atoms with Gasteiger partial charge in [0.1, 0.15) is 5.78 Å². The van der Waals surface area contributed by atoms with Crippen LogP contribution in [0.15, 0.2) is 18.2 Å². The van der Waals surface area contributed by atoms with Crippen LogP contribution in [0.2, 0.25) is 5.02 Å². The minimum absolute atomic E-state index is 0.0305. The number of nitrogens with zero attached hydrogens (tertiary/aromatic N) is 1. The molecule has 1 aliphatic carbocycles. The van der Waals surface area contributed by atoms with Crippen LogP contribution in [0.25, 0.3) is 0 Å². The highest BCUT2D eigenvalue weighted by Gasteiger charge is 2.46. The van der Waals surface area contributed by atoms with Crippen LogP contribution in [0.1, 0.15) is 43.7 Å². The zero-order valence-electron chi connectivity index (χ0n) is 12.4. The largest absolute Gasteiger partial charge is 0.396 e. The van der Waals surface area contributed by atoms with Crippen molar-refractivity contribution in [2.24, 2.45) is 5.92 Å². The van der Waals surface area contributed by atoms with Crippen LogP contribution in [0.4, 0.5) is 0 Å². The third-order valence-electron chi connectivity index (χ3n) is 5.01. The van der Waals surface area contributed by atoms with Gasteiger partial charge in [-0.3, -0.25) is 9.69 Å². The van der Waals surface area contributed by atoms with Gasteiger partial charge in [-0.15, -0.1) is 0 Å². The Morgan fingerprint density at radius 1 is 1.38 bits per heavy atom. The molecule has 1 atom stereocenters. The molecular weight excluding hydrogens is 286 g/mol. The molecule has 3 rings (SSSR count). The number of aliphatic hydroxyl groups excluding tert-OH is 1. The monoisotopic (exact) mass is 307 g/mol. The Balaban J connectivity index is 1.96. The molecule has 0 radical (unpaired) electrons. The maximum atomic E-state index is 11.7. The quantitative estimate of drug-likeness (QED) is 0.932. The van der Waals surface area contributed by atoms with Crippen molar-refractivity contribution >= 4 is 17.4 Å². The molecule has 0 unspecified atom stereocenters. The Hall–Kier alpha value is -0.900. The molecule has 1 saturated carbocycles. The topological polar surface area (TPSA) is 40.5 Å². The first-order valence-electron chi connectivity index (χ1n) is 7.72. The van der Waals surface area contributed by atoms with Crippen molar-refractivity contribution in [1.82, 2.24) is 4.90 Å². The van der Waals surface area contributed by atoms with Gasteiger partial charge in [0, 0.05) is 43.1 Å². The van der Waals surface area contributed by atoms with Crippen molar-refractivity contribution in [3.8, 4) is 0 Å². The van der Waals surface area contributed by atoms with Gasteiger partial charge in [0.05, 0.1) is 0 Å². The smallest absolute Gasteiger partial charge is 0.133 e. The van der Waals surface area contributed by atoms with Crippen molar-refractivity contribution in [2.45, 2.75) is 44.7 Å². The summed E-state index contributed by atoms with van der Waals surface area (Å²) in [5, 5.41) is 10.2. The summed E-state index contributed by atoms with van der Waals surface area (Å²) in [7, 11) is 0. The molecule has 0 aromatic heterocycles. The van der Waals surface area contributed by atoms with E-state index < -0.39 is 0 Å². The second kappa shape index (κ2) is 5.71. The van der Waals surface area contributed by atoms with E-state index in [1.54, 1.807) is 0 Å². The predicted molar refractivity (Wildman–Crippen MR) is 83.3 cm³/mol. The lowest BCUT2D eigenvalue weighted by atomic mass is 9.76. The number of hydrogen-bond acceptors (Lipinski definition) is 3. The lowest BCUT2D eigenvalue weighted by Gasteiger charge is -2.43. The Morgan fingerprint density at radius 2 is 2.10 bits per heavy atom. The molecule has 0 saturated heterocycles. The number of fused-ring (bicyclic) bond motifs is 2. The summed E-state index contributed by atoms with van der Waals surface area (Å²) in [6.45, 7) is 3.99. The second-order valence-electron chi connectivity index (χ2n) is 6.54. The normalized spacial score (nSPS) is 22.5. The maximum absolute atomic E-state index is 11.7. The standard InChI is InChI=1S/C17H22ClNO2/c1-12(11-20)9-19-10-13-8-14(18)2-3-16(13)17(19)6-4-15(21)5-7-17/h2-3,8,12,20H,4-7,9-11H2,1H3/t12-/m1/s1. The third kappa shape index (κ3) is 2.63. The number of carbonyl (C=O) groups excluding carboxylic acids is 1. The lowest BCUT2D eigenvalue weighted by Crippen LogP contribution is -2.46. The van der Waals surface area contributed by atoms with Crippen molar-refractivity contribution in [3.63, 3.8) is 0 Å². The lowest BCUT2D eigenvalue weighted by molar-refractivity contribution is -0.123. The van der Waals surface area contributed by atoms with Crippen molar-refractivity contribution in [2.75, 3.05) is 13.2 Å². The first-order valence-corrected chi connectivity index (χ1v) is 8.09. The van der Waals surface area contributed by atoms with E-state index in [0.29, 0.717) is 18.6 Å². The van der Waals surface area contributed by atoms with Crippen LogP contribution >= 0.6 is 11.6 Å². The molecule has 2 aliphatic rings. The molecule has 1 heterocycles. The molecule has 1 N–H and O–H groups in total. The number of halogens is 1. The van der Waals surface area contributed by atoms with Crippen LogP contribution in [-0.2, 0) is 16.9 Å². The van der Waals surface area contributed by atoms with E-state index >= 15 is 0 Å². The molecule has 0 amide bonds. The third-order valence-corrected chi connectivity index (χ3v) is 5.25. The van der Waals surface area contributed by atoms with E-state index in [9.17, 15) is 9.90 Å². The van der Waals surface area contributed by atoms with Crippen LogP contribution in [-0.4, -0.2) is 28.9 Å². The van der Waals surface area contributed by atoms with Crippen LogP contribution in [0.5, 0.6) is 0 Å². The van der Waals surface area contributed by atoms with Gasteiger partial charge >= 0.3 is 0 Å². The van der Waals surface area contributed by atoms with Gasteiger partial charge in [-0.1, -0.05) is 24.6 Å². The summed E-state index contributed by atoms with van der Waals surface area (Å²) in [5.41, 5.74) is 2.59. The Labute approximate surface area is 130 Å². The van der Waals surface area contributed by atoms with Crippen molar-refractivity contribution in [3.05, 3.63) is 34.3 Å². The Morgan fingerprint density at radius 3 is 2.76 bits per heavy atom. The average Bonchev–Trinajstić information content (AvgIpc) is 2.75. The highest BCUT2D eigenvalue weighted by Crippen LogP contribution is 2.48. The first-order chi connectivity index (χ1) is 10.0. The highest BCUT2D eigenvalue weighted by molar-refractivity contribution is 6.30. The van der Waals surface area contributed by atoms with Crippen molar-refractivity contribution in [1.29, 1.82) is 0 Å². The molecular formula is C17H22ClNO2. The zero-order chi connectivity index (χ0) is 15.0. The van der Waals surface area contributed by atoms with Gasteiger partial charge in [-0.05, 0) is 42.0 Å². The highest BCUT2D eigenvalue weighted by atomic mass is 35.5. The average molecular weight is 308 g/mol. The summed E-state index contributed by atoms with van der Waals surface area (Å²) >= 11 is 6.14. The van der Waals surface area contributed by atoms with E-state index in [1.165, 1.54) is 11.1 Å². The molecule has 1 aromatic carbocycles. The van der Waals surface area contributed by atoms with Crippen molar-refractivity contribution < 1.29 is 9.90 Å². The molecule has 0 bridgehead atoms. The molecule has 1 aromatic rings. The zero-order valence-corrected chi connectivity index (χ0v) is 13.2. The number of carbonyl (C=O) groups is 1. The molecule has 1 fully saturated rings. The number of ketones is 1. The second-order valence-corrected chi connectivity index (χ2v) is 6.98. The molecule has 114 valence electrons. The fourth-order valence-corrected chi connectivity index (χ4v) is 4.07.